The predicted molar refractivity (Wildman–Crippen MR) is 115 cm³/mol. The normalized spacial score (nSPS) is 11.5. The van der Waals surface area contributed by atoms with Gasteiger partial charge in [-0.25, -0.2) is 8.42 Å². The van der Waals surface area contributed by atoms with Crippen LogP contribution in [-0.2, 0) is 14.8 Å². The standard InChI is InChI=1S/C19H17Cl2N3O5S/c1-23(2)19(27)16-9-22-17-8-13(3-4-15(16)17)24(10-18(25)26)30(28,29)14-6-11(20)5-12(21)7-14/h3-9,22H,10H2,1-2H3,(H,25,26). The van der Waals surface area contributed by atoms with Gasteiger partial charge in [-0.1, -0.05) is 23.2 Å². The maximum atomic E-state index is 13.2. The van der Waals surface area contributed by atoms with Crippen LogP contribution in [0.2, 0.25) is 10.0 Å². The minimum absolute atomic E-state index is 0.100. The maximum absolute atomic E-state index is 13.2. The number of benzene rings is 2. The van der Waals surface area contributed by atoms with Crippen LogP contribution in [0, 0.1) is 0 Å². The summed E-state index contributed by atoms with van der Waals surface area (Å²) < 4.78 is 27.1. The average Bonchev–Trinajstić information content (AvgIpc) is 3.07. The molecule has 3 aromatic rings. The van der Waals surface area contributed by atoms with Gasteiger partial charge in [0.1, 0.15) is 6.54 Å². The number of carboxylic acid groups (broad SMARTS) is 1. The minimum atomic E-state index is -4.29. The molecule has 0 aliphatic heterocycles. The molecular weight excluding hydrogens is 453 g/mol. The molecular formula is C19H17Cl2N3O5S. The van der Waals surface area contributed by atoms with E-state index in [1.54, 1.807) is 20.2 Å². The Morgan fingerprint density at radius 3 is 2.27 bits per heavy atom. The Bertz CT molecular complexity index is 1230. The number of carbonyl (C=O) groups is 2. The summed E-state index contributed by atoms with van der Waals surface area (Å²) in [6.45, 7) is -0.817. The fourth-order valence-electron chi connectivity index (χ4n) is 2.93. The highest BCUT2D eigenvalue weighted by atomic mass is 35.5. The summed E-state index contributed by atoms with van der Waals surface area (Å²) in [7, 11) is -1.06. The summed E-state index contributed by atoms with van der Waals surface area (Å²) in [5, 5.41) is 10.1. The average molecular weight is 470 g/mol. The number of carbonyl (C=O) groups excluding carboxylic acids is 1. The van der Waals surface area contributed by atoms with E-state index in [1.165, 1.54) is 41.4 Å². The van der Waals surface area contributed by atoms with Crippen molar-refractivity contribution in [2.24, 2.45) is 0 Å². The van der Waals surface area contributed by atoms with Gasteiger partial charge in [0.25, 0.3) is 15.9 Å². The van der Waals surface area contributed by atoms with Crippen molar-refractivity contribution in [3.63, 3.8) is 0 Å². The van der Waals surface area contributed by atoms with Gasteiger partial charge in [0.05, 0.1) is 16.1 Å². The molecule has 8 nitrogen and oxygen atoms in total. The molecule has 3 rings (SSSR count). The molecule has 0 fully saturated rings. The highest BCUT2D eigenvalue weighted by Crippen LogP contribution is 2.31. The van der Waals surface area contributed by atoms with Crippen LogP contribution in [0.1, 0.15) is 10.4 Å². The largest absolute Gasteiger partial charge is 0.480 e. The number of aromatic nitrogens is 1. The van der Waals surface area contributed by atoms with Crippen molar-refractivity contribution < 1.29 is 23.1 Å². The molecule has 1 heterocycles. The Morgan fingerprint density at radius 1 is 1.07 bits per heavy atom. The SMILES string of the molecule is CN(C)C(=O)c1c[nH]c2cc(N(CC(=O)O)S(=O)(=O)c3cc(Cl)cc(Cl)c3)ccc12. The Balaban J connectivity index is 2.13. The molecule has 0 aliphatic carbocycles. The molecule has 30 heavy (non-hydrogen) atoms. The van der Waals surface area contributed by atoms with Gasteiger partial charge < -0.3 is 15.0 Å². The van der Waals surface area contributed by atoms with Gasteiger partial charge in [-0.05, 0) is 36.4 Å². The third-order valence-electron chi connectivity index (χ3n) is 4.29. The van der Waals surface area contributed by atoms with Crippen LogP contribution in [0.25, 0.3) is 10.9 Å². The van der Waals surface area contributed by atoms with E-state index < -0.39 is 22.5 Å². The van der Waals surface area contributed by atoms with Crippen molar-refractivity contribution in [2.75, 3.05) is 24.9 Å². The molecule has 1 aromatic heterocycles. The molecule has 158 valence electrons. The number of nitrogens with one attached hydrogen (secondary N) is 1. The molecule has 0 saturated carbocycles. The molecule has 2 aromatic carbocycles. The Hall–Kier alpha value is -2.75. The number of aromatic amines is 1. The first kappa shape index (κ1) is 21.9. The molecule has 0 bridgehead atoms. The van der Waals surface area contributed by atoms with E-state index in [2.05, 4.69) is 4.98 Å². The fraction of sp³-hybridized carbons (Fsp3) is 0.158. The number of rotatable bonds is 6. The lowest BCUT2D eigenvalue weighted by atomic mass is 10.1. The van der Waals surface area contributed by atoms with Gasteiger partial charge in [-0.2, -0.15) is 0 Å². The van der Waals surface area contributed by atoms with Crippen molar-refractivity contribution in [3.8, 4) is 0 Å². The number of hydrogen-bond acceptors (Lipinski definition) is 4. The maximum Gasteiger partial charge on any atom is 0.324 e. The zero-order chi connectivity index (χ0) is 22.2. The Morgan fingerprint density at radius 2 is 1.70 bits per heavy atom. The lowest BCUT2D eigenvalue weighted by molar-refractivity contribution is -0.135. The molecule has 0 aliphatic rings. The van der Waals surface area contributed by atoms with Gasteiger partial charge >= 0.3 is 5.97 Å². The molecule has 0 saturated heterocycles. The van der Waals surface area contributed by atoms with Crippen LogP contribution in [0.3, 0.4) is 0 Å². The number of nitrogens with zero attached hydrogens (tertiary/aromatic N) is 2. The molecule has 2 N–H and O–H groups in total. The van der Waals surface area contributed by atoms with Crippen molar-refractivity contribution in [3.05, 3.63) is 58.2 Å². The number of halogens is 2. The number of hydrogen-bond donors (Lipinski definition) is 2. The molecule has 11 heteroatoms. The summed E-state index contributed by atoms with van der Waals surface area (Å²) in [6, 6.07) is 8.23. The quantitative estimate of drug-likeness (QED) is 0.574. The number of fused-ring (bicyclic) bond motifs is 1. The highest BCUT2D eigenvalue weighted by Gasteiger charge is 2.28. The first-order valence-corrected chi connectivity index (χ1v) is 10.7. The van der Waals surface area contributed by atoms with E-state index in [4.69, 9.17) is 23.2 Å². The van der Waals surface area contributed by atoms with Crippen LogP contribution < -0.4 is 4.31 Å². The van der Waals surface area contributed by atoms with Gasteiger partial charge in [0.2, 0.25) is 0 Å². The second-order valence-corrected chi connectivity index (χ2v) is 9.38. The summed E-state index contributed by atoms with van der Waals surface area (Å²) in [4.78, 5) is 27.8. The monoisotopic (exact) mass is 469 g/mol. The van der Waals surface area contributed by atoms with Crippen LogP contribution in [-0.4, -0.2) is 55.9 Å². The van der Waals surface area contributed by atoms with E-state index in [1.807, 2.05) is 0 Å². The van der Waals surface area contributed by atoms with Gasteiger partial charge in [-0.15, -0.1) is 0 Å². The number of carboxylic acids is 1. The second-order valence-electron chi connectivity index (χ2n) is 6.64. The predicted octanol–water partition coefficient (Wildman–Crippen LogP) is 3.46. The van der Waals surface area contributed by atoms with E-state index in [0.717, 1.165) is 4.31 Å². The lowest BCUT2D eigenvalue weighted by Crippen LogP contribution is -2.35. The van der Waals surface area contributed by atoms with Gasteiger partial charge in [-0.3, -0.25) is 13.9 Å². The Labute approximate surface area is 182 Å². The minimum Gasteiger partial charge on any atom is -0.480 e. The lowest BCUT2D eigenvalue weighted by Gasteiger charge is -2.23. The van der Waals surface area contributed by atoms with Crippen molar-refractivity contribution in [1.82, 2.24) is 9.88 Å². The molecule has 0 unspecified atom stereocenters. The summed E-state index contributed by atoms with van der Waals surface area (Å²) in [5.41, 5.74) is 0.995. The number of aliphatic carboxylic acids is 1. The zero-order valence-electron chi connectivity index (χ0n) is 15.9. The third kappa shape index (κ3) is 4.23. The number of sulfonamides is 1. The van der Waals surface area contributed by atoms with Crippen LogP contribution >= 0.6 is 23.2 Å². The van der Waals surface area contributed by atoms with E-state index in [9.17, 15) is 23.1 Å². The van der Waals surface area contributed by atoms with Crippen LogP contribution in [0.4, 0.5) is 5.69 Å². The second kappa shape index (κ2) is 8.17. The summed E-state index contributed by atoms with van der Waals surface area (Å²) in [5.74, 6) is -1.57. The van der Waals surface area contributed by atoms with Crippen molar-refractivity contribution in [1.29, 1.82) is 0 Å². The topological polar surface area (TPSA) is 111 Å². The molecule has 1 amide bonds. The van der Waals surface area contributed by atoms with Gasteiger partial charge in [0.15, 0.2) is 0 Å². The first-order chi connectivity index (χ1) is 14.0. The molecule has 0 spiro atoms. The fourth-order valence-corrected chi connectivity index (χ4v) is 5.06. The number of amides is 1. The molecule has 0 radical (unpaired) electrons. The number of H-pyrrole nitrogens is 1. The molecule has 0 atom stereocenters. The smallest absolute Gasteiger partial charge is 0.324 e. The van der Waals surface area contributed by atoms with Crippen LogP contribution in [0.15, 0.2) is 47.5 Å². The zero-order valence-corrected chi connectivity index (χ0v) is 18.2. The first-order valence-electron chi connectivity index (χ1n) is 8.54. The van der Waals surface area contributed by atoms with E-state index in [-0.39, 0.29) is 26.5 Å². The highest BCUT2D eigenvalue weighted by molar-refractivity contribution is 7.92. The number of anilines is 1. The van der Waals surface area contributed by atoms with Crippen LogP contribution in [0.5, 0.6) is 0 Å². The van der Waals surface area contributed by atoms with E-state index >= 15 is 0 Å². The van der Waals surface area contributed by atoms with Crippen molar-refractivity contribution in [2.45, 2.75) is 4.90 Å². The Kier molecular flexibility index (Phi) is 5.98. The third-order valence-corrected chi connectivity index (χ3v) is 6.48. The van der Waals surface area contributed by atoms with Gasteiger partial charge in [0, 0.05) is 41.2 Å². The summed E-state index contributed by atoms with van der Waals surface area (Å²) in [6.07, 6.45) is 1.52. The van der Waals surface area contributed by atoms with E-state index in [0.29, 0.717) is 16.5 Å². The summed E-state index contributed by atoms with van der Waals surface area (Å²) >= 11 is 11.8. The van der Waals surface area contributed by atoms with Crippen molar-refractivity contribution >= 4 is 61.7 Å².